The monoisotopic (exact) mass is 191 g/mol. The lowest BCUT2D eigenvalue weighted by molar-refractivity contribution is 0.0696. The summed E-state index contributed by atoms with van der Waals surface area (Å²) in [4.78, 5) is 24.9. The SMILES string of the molecule is O=Cc1[nH]nc2ncc(C(=O)O)cc12. The van der Waals surface area contributed by atoms with E-state index in [0.717, 1.165) is 0 Å². The van der Waals surface area contributed by atoms with Crippen molar-refractivity contribution in [3.8, 4) is 0 Å². The number of carboxylic acids is 1. The number of aromatic carboxylic acids is 1. The highest BCUT2D eigenvalue weighted by Gasteiger charge is 2.09. The zero-order chi connectivity index (χ0) is 10.1. The van der Waals surface area contributed by atoms with Crippen molar-refractivity contribution in [2.24, 2.45) is 0 Å². The van der Waals surface area contributed by atoms with E-state index in [-0.39, 0.29) is 11.3 Å². The second kappa shape index (κ2) is 2.91. The molecule has 6 heteroatoms. The highest BCUT2D eigenvalue weighted by Crippen LogP contribution is 2.13. The third kappa shape index (κ3) is 1.13. The van der Waals surface area contributed by atoms with Gasteiger partial charge in [0.15, 0.2) is 11.9 Å². The smallest absolute Gasteiger partial charge is 0.337 e. The van der Waals surface area contributed by atoms with Gasteiger partial charge < -0.3 is 5.11 Å². The summed E-state index contributed by atoms with van der Waals surface area (Å²) in [5.41, 5.74) is 0.592. The molecule has 0 aliphatic carbocycles. The van der Waals surface area contributed by atoms with Crippen LogP contribution in [0.2, 0.25) is 0 Å². The number of aromatic amines is 1. The molecule has 14 heavy (non-hydrogen) atoms. The number of carboxylic acid groups (broad SMARTS) is 1. The summed E-state index contributed by atoms with van der Waals surface area (Å²) in [6.45, 7) is 0. The number of hydrogen-bond donors (Lipinski definition) is 2. The Labute approximate surface area is 77.6 Å². The summed E-state index contributed by atoms with van der Waals surface area (Å²) in [6, 6.07) is 1.36. The van der Waals surface area contributed by atoms with Crippen molar-refractivity contribution in [2.45, 2.75) is 0 Å². The zero-order valence-electron chi connectivity index (χ0n) is 6.89. The predicted molar refractivity (Wildman–Crippen MR) is 46.2 cm³/mol. The third-order valence-electron chi connectivity index (χ3n) is 1.80. The number of aldehydes is 1. The van der Waals surface area contributed by atoms with Crippen LogP contribution < -0.4 is 0 Å². The molecule has 0 atom stereocenters. The van der Waals surface area contributed by atoms with E-state index in [1.807, 2.05) is 0 Å². The van der Waals surface area contributed by atoms with Gasteiger partial charge in [-0.25, -0.2) is 9.78 Å². The minimum absolute atomic E-state index is 0.0296. The largest absolute Gasteiger partial charge is 0.478 e. The third-order valence-corrected chi connectivity index (χ3v) is 1.80. The van der Waals surface area contributed by atoms with Crippen molar-refractivity contribution in [2.75, 3.05) is 0 Å². The number of carbonyl (C=O) groups excluding carboxylic acids is 1. The molecule has 0 aromatic carbocycles. The molecule has 0 aliphatic rings. The molecule has 2 aromatic rings. The van der Waals surface area contributed by atoms with Crippen molar-refractivity contribution in [1.29, 1.82) is 0 Å². The molecule has 0 spiro atoms. The number of carbonyl (C=O) groups is 2. The van der Waals surface area contributed by atoms with Gasteiger partial charge in [-0.2, -0.15) is 5.10 Å². The fourth-order valence-corrected chi connectivity index (χ4v) is 1.13. The van der Waals surface area contributed by atoms with E-state index in [0.29, 0.717) is 17.3 Å². The molecule has 0 amide bonds. The number of nitrogens with zero attached hydrogens (tertiary/aromatic N) is 2. The predicted octanol–water partition coefficient (Wildman–Crippen LogP) is 0.469. The van der Waals surface area contributed by atoms with Crippen molar-refractivity contribution in [3.05, 3.63) is 23.5 Å². The molecule has 2 aromatic heterocycles. The highest BCUT2D eigenvalue weighted by atomic mass is 16.4. The summed E-state index contributed by atoms with van der Waals surface area (Å²) in [5.74, 6) is -1.09. The zero-order valence-corrected chi connectivity index (χ0v) is 6.89. The Morgan fingerprint density at radius 3 is 3.00 bits per heavy atom. The Balaban J connectivity index is 2.73. The minimum Gasteiger partial charge on any atom is -0.478 e. The Hall–Kier alpha value is -2.24. The molecule has 0 radical (unpaired) electrons. The summed E-state index contributed by atoms with van der Waals surface area (Å²) >= 11 is 0. The van der Waals surface area contributed by atoms with Crippen LogP contribution in [0.5, 0.6) is 0 Å². The van der Waals surface area contributed by atoms with E-state index >= 15 is 0 Å². The number of fused-ring (bicyclic) bond motifs is 1. The van der Waals surface area contributed by atoms with Crippen LogP contribution in [0.1, 0.15) is 20.8 Å². The number of hydrogen-bond acceptors (Lipinski definition) is 4. The molecule has 2 N–H and O–H groups in total. The van der Waals surface area contributed by atoms with Gasteiger partial charge in [-0.05, 0) is 6.07 Å². The first-order valence-corrected chi connectivity index (χ1v) is 3.75. The molecule has 6 nitrogen and oxygen atoms in total. The van der Waals surface area contributed by atoms with Gasteiger partial charge in [-0.3, -0.25) is 9.89 Å². The topological polar surface area (TPSA) is 95.9 Å². The Bertz CT molecular complexity index is 518. The average Bonchev–Trinajstić information content (AvgIpc) is 2.59. The molecule has 0 saturated heterocycles. The maximum absolute atomic E-state index is 10.6. The van der Waals surface area contributed by atoms with Gasteiger partial charge in [0.1, 0.15) is 5.69 Å². The molecular weight excluding hydrogens is 186 g/mol. The second-order valence-corrected chi connectivity index (χ2v) is 2.66. The Kier molecular flexibility index (Phi) is 1.74. The van der Waals surface area contributed by atoms with Crippen LogP contribution in [0, 0.1) is 0 Å². The first kappa shape index (κ1) is 8.36. The molecule has 2 rings (SSSR count). The fraction of sp³-hybridized carbons (Fsp3) is 0. The minimum atomic E-state index is -1.09. The molecule has 0 fully saturated rings. The van der Waals surface area contributed by atoms with E-state index < -0.39 is 5.97 Å². The van der Waals surface area contributed by atoms with Gasteiger partial charge in [-0.1, -0.05) is 0 Å². The van der Waals surface area contributed by atoms with Crippen molar-refractivity contribution in [3.63, 3.8) is 0 Å². The molecule has 0 saturated carbocycles. The lowest BCUT2D eigenvalue weighted by Gasteiger charge is -1.92. The molecule has 2 heterocycles. The van der Waals surface area contributed by atoms with Crippen LogP contribution in [0.3, 0.4) is 0 Å². The van der Waals surface area contributed by atoms with Gasteiger partial charge in [0.05, 0.1) is 10.9 Å². The number of H-pyrrole nitrogens is 1. The van der Waals surface area contributed by atoms with Crippen LogP contribution >= 0.6 is 0 Å². The van der Waals surface area contributed by atoms with E-state index in [1.54, 1.807) is 0 Å². The van der Waals surface area contributed by atoms with Crippen LogP contribution in [0.15, 0.2) is 12.3 Å². The standard InChI is InChI=1S/C8H5N3O3/c12-3-6-5-1-4(8(13)14)2-9-7(5)11-10-6/h1-3H,(H,13,14)(H,9,10,11). The van der Waals surface area contributed by atoms with Gasteiger partial charge >= 0.3 is 5.97 Å². The van der Waals surface area contributed by atoms with Crippen LogP contribution in [0.25, 0.3) is 11.0 Å². The van der Waals surface area contributed by atoms with Crippen LogP contribution in [-0.2, 0) is 0 Å². The molecule has 0 aliphatic heterocycles. The summed E-state index contributed by atoms with van der Waals surface area (Å²) in [5, 5.41) is 15.3. The maximum Gasteiger partial charge on any atom is 0.337 e. The summed E-state index contributed by atoms with van der Waals surface area (Å²) in [7, 11) is 0. The van der Waals surface area contributed by atoms with Gasteiger partial charge in [0, 0.05) is 6.20 Å². The van der Waals surface area contributed by atoms with Gasteiger partial charge in [0.25, 0.3) is 0 Å². The number of aromatic nitrogens is 3. The van der Waals surface area contributed by atoms with Crippen molar-refractivity contribution < 1.29 is 14.7 Å². The van der Waals surface area contributed by atoms with Crippen LogP contribution in [0.4, 0.5) is 0 Å². The maximum atomic E-state index is 10.6. The fourth-order valence-electron chi connectivity index (χ4n) is 1.13. The molecule has 70 valence electrons. The first-order chi connectivity index (χ1) is 6.72. The van der Waals surface area contributed by atoms with Gasteiger partial charge in [0.2, 0.25) is 0 Å². The van der Waals surface area contributed by atoms with E-state index in [1.165, 1.54) is 12.3 Å². The van der Waals surface area contributed by atoms with Crippen LogP contribution in [-0.4, -0.2) is 32.5 Å². The highest BCUT2D eigenvalue weighted by molar-refractivity contribution is 5.97. The quantitative estimate of drug-likeness (QED) is 0.672. The number of rotatable bonds is 2. The summed E-state index contributed by atoms with van der Waals surface area (Å²) in [6.07, 6.45) is 1.77. The molecule has 0 unspecified atom stereocenters. The second-order valence-electron chi connectivity index (χ2n) is 2.66. The molecular formula is C8H5N3O3. The van der Waals surface area contributed by atoms with Crippen molar-refractivity contribution in [1.82, 2.24) is 15.2 Å². The lowest BCUT2D eigenvalue weighted by atomic mass is 10.2. The Morgan fingerprint density at radius 2 is 2.36 bits per heavy atom. The van der Waals surface area contributed by atoms with E-state index in [4.69, 9.17) is 5.11 Å². The number of pyridine rings is 1. The average molecular weight is 191 g/mol. The summed E-state index contributed by atoms with van der Waals surface area (Å²) < 4.78 is 0. The van der Waals surface area contributed by atoms with E-state index in [9.17, 15) is 9.59 Å². The van der Waals surface area contributed by atoms with Gasteiger partial charge in [-0.15, -0.1) is 0 Å². The Morgan fingerprint density at radius 1 is 1.57 bits per heavy atom. The van der Waals surface area contributed by atoms with Crippen molar-refractivity contribution >= 4 is 23.3 Å². The molecule has 0 bridgehead atoms. The first-order valence-electron chi connectivity index (χ1n) is 3.75. The lowest BCUT2D eigenvalue weighted by Crippen LogP contribution is -1.96. The normalized spacial score (nSPS) is 10.3. The van der Waals surface area contributed by atoms with E-state index in [2.05, 4.69) is 15.2 Å². The number of nitrogens with one attached hydrogen (secondary N) is 1.